The smallest absolute Gasteiger partial charge is 0.122 e. The van der Waals surface area contributed by atoms with Crippen molar-refractivity contribution in [1.82, 2.24) is 0 Å². The molecule has 0 aromatic heterocycles. The summed E-state index contributed by atoms with van der Waals surface area (Å²) in [5.74, 6) is 0.729. The summed E-state index contributed by atoms with van der Waals surface area (Å²) in [4.78, 5) is 0. The molecule has 0 aliphatic rings. The van der Waals surface area contributed by atoms with Gasteiger partial charge in [0.05, 0.1) is 18.6 Å². The van der Waals surface area contributed by atoms with E-state index in [0.717, 1.165) is 22.3 Å². The topological polar surface area (TPSA) is 33.0 Å². The van der Waals surface area contributed by atoms with Crippen LogP contribution in [-0.2, 0) is 0 Å². The first kappa shape index (κ1) is 15.1. The number of rotatable bonds is 5. The highest BCUT2D eigenvalue weighted by atomic mass is 16.5. The summed E-state index contributed by atoms with van der Waals surface area (Å²) in [5, 5.41) is 11.9. The number of para-hydroxylation sites is 1. The van der Waals surface area contributed by atoms with Gasteiger partial charge in [-0.2, -0.15) is 5.26 Å². The number of hydrogen-bond donors (Lipinski definition) is 0. The molecule has 3 aromatic carbocycles. The van der Waals surface area contributed by atoms with E-state index in [2.05, 4.69) is 24.3 Å². The fourth-order valence-corrected chi connectivity index (χ4v) is 2.85. The van der Waals surface area contributed by atoms with Crippen molar-refractivity contribution in [2.75, 3.05) is 6.61 Å². The normalized spacial score (nSPS) is 11.8. The Balaban J connectivity index is 1.75. The molecule has 0 aliphatic heterocycles. The summed E-state index contributed by atoms with van der Waals surface area (Å²) in [6, 6.07) is 24.7. The Bertz CT molecular complexity index is 842. The average Bonchev–Trinajstić information content (AvgIpc) is 2.60. The van der Waals surface area contributed by atoms with Crippen LogP contribution < -0.4 is 4.74 Å². The van der Waals surface area contributed by atoms with Gasteiger partial charge in [-0.3, -0.25) is 0 Å². The molecule has 0 radical (unpaired) electrons. The number of fused-ring (bicyclic) bond motifs is 1. The second kappa shape index (κ2) is 6.98. The van der Waals surface area contributed by atoms with Gasteiger partial charge in [0.1, 0.15) is 5.75 Å². The largest absolute Gasteiger partial charge is 0.493 e. The van der Waals surface area contributed by atoms with E-state index >= 15 is 0 Å². The van der Waals surface area contributed by atoms with E-state index in [1.807, 2.05) is 55.5 Å². The summed E-state index contributed by atoms with van der Waals surface area (Å²) >= 11 is 0. The molecule has 0 aliphatic carbocycles. The minimum absolute atomic E-state index is 0.162. The van der Waals surface area contributed by atoms with Crippen molar-refractivity contribution in [2.45, 2.75) is 19.3 Å². The van der Waals surface area contributed by atoms with Crippen LogP contribution in [0.2, 0.25) is 0 Å². The Morgan fingerprint density at radius 2 is 1.70 bits per heavy atom. The Morgan fingerprint density at radius 3 is 2.52 bits per heavy atom. The molecule has 3 aromatic rings. The third kappa shape index (κ3) is 3.35. The SMILES string of the molecule is Cc1ccccc1OCCC(C#N)c1cccc2ccccc12. The molecule has 2 nitrogen and oxygen atoms in total. The van der Waals surface area contributed by atoms with E-state index in [-0.39, 0.29) is 5.92 Å². The maximum absolute atomic E-state index is 9.59. The van der Waals surface area contributed by atoms with Crippen LogP contribution in [0.1, 0.15) is 23.5 Å². The predicted molar refractivity (Wildman–Crippen MR) is 93.6 cm³/mol. The maximum atomic E-state index is 9.59. The van der Waals surface area contributed by atoms with Gasteiger partial charge in [-0.05, 0) is 34.9 Å². The molecule has 1 atom stereocenters. The van der Waals surface area contributed by atoms with E-state index in [1.165, 1.54) is 5.39 Å². The van der Waals surface area contributed by atoms with Gasteiger partial charge in [0.2, 0.25) is 0 Å². The molecule has 0 saturated carbocycles. The third-order valence-electron chi connectivity index (χ3n) is 4.11. The molecule has 0 N–H and O–H groups in total. The molecule has 0 bridgehead atoms. The van der Waals surface area contributed by atoms with Gasteiger partial charge in [-0.1, -0.05) is 60.7 Å². The van der Waals surface area contributed by atoms with Crippen molar-refractivity contribution >= 4 is 10.8 Å². The lowest BCUT2D eigenvalue weighted by Gasteiger charge is -2.14. The number of nitrogens with zero attached hydrogens (tertiary/aromatic N) is 1. The summed E-state index contributed by atoms with van der Waals surface area (Å²) < 4.78 is 5.85. The Morgan fingerprint density at radius 1 is 0.957 bits per heavy atom. The first-order chi connectivity index (χ1) is 11.3. The molecule has 1 unspecified atom stereocenters. The molecule has 23 heavy (non-hydrogen) atoms. The highest BCUT2D eigenvalue weighted by Crippen LogP contribution is 2.28. The summed E-state index contributed by atoms with van der Waals surface area (Å²) in [6.07, 6.45) is 0.679. The lowest BCUT2D eigenvalue weighted by Crippen LogP contribution is -2.05. The van der Waals surface area contributed by atoms with Crippen LogP contribution in [0.4, 0.5) is 0 Å². The second-order valence-electron chi connectivity index (χ2n) is 5.65. The third-order valence-corrected chi connectivity index (χ3v) is 4.11. The molecule has 0 spiro atoms. The Kier molecular flexibility index (Phi) is 4.59. The molecular formula is C21H19NO. The van der Waals surface area contributed by atoms with Gasteiger partial charge >= 0.3 is 0 Å². The Hall–Kier alpha value is -2.79. The number of hydrogen-bond acceptors (Lipinski definition) is 2. The minimum atomic E-state index is -0.162. The predicted octanol–water partition coefficient (Wildman–Crippen LogP) is 5.22. The fraction of sp³-hybridized carbons (Fsp3) is 0.190. The molecule has 114 valence electrons. The van der Waals surface area contributed by atoms with Crippen molar-refractivity contribution in [3.8, 4) is 11.8 Å². The van der Waals surface area contributed by atoms with Crippen LogP contribution in [-0.4, -0.2) is 6.61 Å². The first-order valence-electron chi connectivity index (χ1n) is 7.85. The van der Waals surface area contributed by atoms with E-state index in [0.29, 0.717) is 13.0 Å². The molecule has 0 heterocycles. The minimum Gasteiger partial charge on any atom is -0.493 e. The molecule has 0 saturated heterocycles. The number of aryl methyl sites for hydroxylation is 1. The monoisotopic (exact) mass is 301 g/mol. The van der Waals surface area contributed by atoms with Crippen molar-refractivity contribution in [1.29, 1.82) is 5.26 Å². The van der Waals surface area contributed by atoms with Crippen molar-refractivity contribution in [2.24, 2.45) is 0 Å². The summed E-state index contributed by atoms with van der Waals surface area (Å²) in [5.41, 5.74) is 2.20. The van der Waals surface area contributed by atoms with Gasteiger partial charge < -0.3 is 4.74 Å². The van der Waals surface area contributed by atoms with Crippen LogP contribution in [0, 0.1) is 18.3 Å². The molecule has 0 amide bonds. The van der Waals surface area contributed by atoms with Crippen LogP contribution in [0.5, 0.6) is 5.75 Å². The summed E-state index contributed by atoms with van der Waals surface area (Å²) in [6.45, 7) is 2.56. The van der Waals surface area contributed by atoms with Gasteiger partial charge in [-0.15, -0.1) is 0 Å². The average molecular weight is 301 g/mol. The molecule has 2 heteroatoms. The van der Waals surface area contributed by atoms with Gasteiger partial charge in [0.15, 0.2) is 0 Å². The number of benzene rings is 3. The van der Waals surface area contributed by atoms with Crippen LogP contribution in [0.15, 0.2) is 66.7 Å². The zero-order chi connectivity index (χ0) is 16.1. The quantitative estimate of drug-likeness (QED) is 0.647. The highest BCUT2D eigenvalue weighted by molar-refractivity contribution is 5.86. The summed E-state index contributed by atoms with van der Waals surface area (Å²) in [7, 11) is 0. The molecule has 3 rings (SSSR count). The van der Waals surface area contributed by atoms with Crippen molar-refractivity contribution < 1.29 is 4.74 Å². The van der Waals surface area contributed by atoms with E-state index < -0.39 is 0 Å². The fourth-order valence-electron chi connectivity index (χ4n) is 2.85. The van der Waals surface area contributed by atoms with Crippen LogP contribution in [0.25, 0.3) is 10.8 Å². The van der Waals surface area contributed by atoms with Crippen molar-refractivity contribution in [3.63, 3.8) is 0 Å². The van der Waals surface area contributed by atoms with E-state index in [4.69, 9.17) is 4.74 Å². The highest BCUT2D eigenvalue weighted by Gasteiger charge is 2.14. The Labute approximate surface area is 137 Å². The number of ether oxygens (including phenoxy) is 1. The standard InChI is InChI=1S/C21H19NO/c1-16-7-2-5-12-21(16)23-14-13-18(15-22)20-11-6-9-17-8-3-4-10-19(17)20/h2-12,18H,13-14H2,1H3. The lowest BCUT2D eigenvalue weighted by atomic mass is 9.92. The zero-order valence-electron chi connectivity index (χ0n) is 13.2. The zero-order valence-corrected chi connectivity index (χ0v) is 13.2. The van der Waals surface area contributed by atoms with Gasteiger partial charge in [-0.25, -0.2) is 0 Å². The van der Waals surface area contributed by atoms with Gasteiger partial charge in [0, 0.05) is 6.42 Å². The lowest BCUT2D eigenvalue weighted by molar-refractivity contribution is 0.304. The first-order valence-corrected chi connectivity index (χ1v) is 7.85. The van der Waals surface area contributed by atoms with E-state index in [1.54, 1.807) is 0 Å². The van der Waals surface area contributed by atoms with Crippen LogP contribution in [0.3, 0.4) is 0 Å². The molecule has 0 fully saturated rings. The maximum Gasteiger partial charge on any atom is 0.122 e. The van der Waals surface area contributed by atoms with E-state index in [9.17, 15) is 5.26 Å². The molecular weight excluding hydrogens is 282 g/mol. The van der Waals surface area contributed by atoms with Crippen LogP contribution >= 0.6 is 0 Å². The second-order valence-corrected chi connectivity index (χ2v) is 5.65. The van der Waals surface area contributed by atoms with Gasteiger partial charge in [0.25, 0.3) is 0 Å². The van der Waals surface area contributed by atoms with Crippen molar-refractivity contribution in [3.05, 3.63) is 77.9 Å². The number of nitriles is 1.